The number of nitrogens with zero attached hydrogens (tertiary/aromatic N) is 1. The molecule has 1 aromatic heterocycles. The molecular weight excluding hydrogens is 304 g/mol. The van der Waals surface area contributed by atoms with Crippen LogP contribution in [0, 0.1) is 12.8 Å². The van der Waals surface area contributed by atoms with Gasteiger partial charge in [0.15, 0.2) is 5.76 Å². The minimum atomic E-state index is -0.290. The Bertz CT molecular complexity index is 745. The lowest BCUT2D eigenvalue weighted by atomic mass is 9.96. The van der Waals surface area contributed by atoms with Crippen LogP contribution in [-0.2, 0) is 4.79 Å². The number of piperidine rings is 1. The van der Waals surface area contributed by atoms with Gasteiger partial charge in [-0.1, -0.05) is 11.6 Å². The normalized spacial score (nSPS) is 16.2. The van der Waals surface area contributed by atoms with E-state index in [1.807, 2.05) is 6.92 Å². The number of likely N-dealkylation sites (tertiary alicyclic amines) is 1. The zero-order valence-corrected chi connectivity index (χ0v) is 13.0. The van der Waals surface area contributed by atoms with Gasteiger partial charge in [-0.05, 0) is 38.0 Å². The molecule has 0 spiro atoms. The fourth-order valence-electron chi connectivity index (χ4n) is 2.91. The van der Waals surface area contributed by atoms with Crippen LogP contribution in [0.3, 0.4) is 0 Å². The monoisotopic (exact) mass is 320 g/mol. The van der Waals surface area contributed by atoms with Crippen LogP contribution in [0.15, 0.2) is 22.6 Å². The molecule has 0 saturated carbocycles. The van der Waals surface area contributed by atoms with E-state index in [0.29, 0.717) is 42.3 Å². The summed E-state index contributed by atoms with van der Waals surface area (Å²) in [6, 6.07) is 5.30. The molecule has 1 aliphatic rings. The fraction of sp³-hybridized carbons (Fsp3) is 0.375. The maximum absolute atomic E-state index is 12.6. The van der Waals surface area contributed by atoms with Crippen LogP contribution < -0.4 is 5.73 Å². The van der Waals surface area contributed by atoms with Gasteiger partial charge in [-0.15, -0.1) is 0 Å². The fourth-order valence-corrected chi connectivity index (χ4v) is 3.08. The van der Waals surface area contributed by atoms with Gasteiger partial charge >= 0.3 is 0 Å². The zero-order chi connectivity index (χ0) is 15.9. The number of rotatable bonds is 2. The quantitative estimate of drug-likeness (QED) is 0.924. The molecular formula is C16H17ClN2O3. The molecule has 0 radical (unpaired) electrons. The Hall–Kier alpha value is -2.01. The van der Waals surface area contributed by atoms with Gasteiger partial charge < -0.3 is 15.1 Å². The number of amides is 2. The van der Waals surface area contributed by atoms with Crippen LogP contribution in [-0.4, -0.2) is 29.8 Å². The van der Waals surface area contributed by atoms with Crippen LogP contribution >= 0.6 is 11.6 Å². The van der Waals surface area contributed by atoms with Crippen LogP contribution in [0.2, 0.25) is 5.02 Å². The minimum Gasteiger partial charge on any atom is -0.451 e. The topological polar surface area (TPSA) is 76.5 Å². The third kappa shape index (κ3) is 2.57. The number of carbonyl (C=O) groups excluding carboxylic acids is 2. The number of halogens is 1. The Kier molecular flexibility index (Phi) is 3.83. The molecule has 2 N–H and O–H groups in total. The van der Waals surface area contributed by atoms with Gasteiger partial charge in [0.25, 0.3) is 5.91 Å². The van der Waals surface area contributed by atoms with Gasteiger partial charge in [0.1, 0.15) is 5.58 Å². The summed E-state index contributed by atoms with van der Waals surface area (Å²) < 4.78 is 5.70. The summed E-state index contributed by atoms with van der Waals surface area (Å²) in [5, 5.41) is 1.46. The van der Waals surface area contributed by atoms with Crippen molar-refractivity contribution in [2.75, 3.05) is 13.1 Å². The van der Waals surface area contributed by atoms with E-state index in [1.165, 1.54) is 0 Å². The van der Waals surface area contributed by atoms with E-state index in [0.717, 1.165) is 10.9 Å². The second kappa shape index (κ2) is 5.65. The van der Waals surface area contributed by atoms with Crippen LogP contribution in [0.5, 0.6) is 0 Å². The Labute approximate surface area is 133 Å². The summed E-state index contributed by atoms with van der Waals surface area (Å²) in [6.45, 7) is 2.89. The first kappa shape index (κ1) is 14.9. The van der Waals surface area contributed by atoms with Crippen molar-refractivity contribution < 1.29 is 14.0 Å². The lowest BCUT2D eigenvalue weighted by Gasteiger charge is -2.30. The first-order valence-electron chi connectivity index (χ1n) is 7.24. The van der Waals surface area contributed by atoms with Gasteiger partial charge in [0, 0.05) is 35.0 Å². The Morgan fingerprint density at radius 2 is 2.00 bits per heavy atom. The van der Waals surface area contributed by atoms with E-state index in [4.69, 9.17) is 21.8 Å². The SMILES string of the molecule is Cc1c(C(=O)N2CCC(C(N)=O)CC2)oc2ccc(Cl)cc12. The van der Waals surface area contributed by atoms with Crippen LogP contribution in [0.25, 0.3) is 11.0 Å². The molecule has 2 amide bonds. The Morgan fingerprint density at radius 3 is 2.64 bits per heavy atom. The lowest BCUT2D eigenvalue weighted by Crippen LogP contribution is -2.41. The van der Waals surface area contributed by atoms with E-state index in [1.54, 1.807) is 23.1 Å². The summed E-state index contributed by atoms with van der Waals surface area (Å²) in [5.74, 6) is -0.233. The largest absolute Gasteiger partial charge is 0.451 e. The van der Waals surface area contributed by atoms with Gasteiger partial charge in [-0.25, -0.2) is 0 Å². The summed E-state index contributed by atoms with van der Waals surface area (Å²) in [6.07, 6.45) is 1.21. The van der Waals surface area contributed by atoms with Crippen molar-refractivity contribution in [1.82, 2.24) is 4.90 Å². The molecule has 6 heteroatoms. The first-order chi connectivity index (χ1) is 10.5. The average molecular weight is 321 g/mol. The first-order valence-corrected chi connectivity index (χ1v) is 7.62. The second-order valence-electron chi connectivity index (χ2n) is 5.67. The van der Waals surface area contributed by atoms with E-state index < -0.39 is 0 Å². The molecule has 116 valence electrons. The molecule has 0 unspecified atom stereocenters. The maximum atomic E-state index is 12.6. The van der Waals surface area contributed by atoms with Crippen molar-refractivity contribution in [3.8, 4) is 0 Å². The van der Waals surface area contributed by atoms with Crippen molar-refractivity contribution in [3.05, 3.63) is 34.5 Å². The van der Waals surface area contributed by atoms with Crippen molar-refractivity contribution in [1.29, 1.82) is 0 Å². The van der Waals surface area contributed by atoms with Gasteiger partial charge in [0.05, 0.1) is 0 Å². The molecule has 2 aromatic rings. The maximum Gasteiger partial charge on any atom is 0.289 e. The van der Waals surface area contributed by atoms with Gasteiger partial charge in [-0.2, -0.15) is 0 Å². The molecule has 3 rings (SSSR count). The number of hydrogen-bond acceptors (Lipinski definition) is 3. The number of hydrogen-bond donors (Lipinski definition) is 1. The van der Waals surface area contributed by atoms with Crippen LogP contribution in [0.4, 0.5) is 0 Å². The number of carbonyl (C=O) groups is 2. The highest BCUT2D eigenvalue weighted by atomic mass is 35.5. The summed E-state index contributed by atoms with van der Waals surface area (Å²) in [5.41, 5.74) is 6.76. The predicted molar refractivity (Wildman–Crippen MR) is 83.8 cm³/mol. The Morgan fingerprint density at radius 1 is 1.32 bits per heavy atom. The van der Waals surface area contributed by atoms with E-state index in [2.05, 4.69) is 0 Å². The van der Waals surface area contributed by atoms with E-state index >= 15 is 0 Å². The number of aryl methyl sites for hydroxylation is 1. The molecule has 1 aromatic carbocycles. The third-order valence-electron chi connectivity index (χ3n) is 4.28. The minimum absolute atomic E-state index is 0.139. The standard InChI is InChI=1S/C16H17ClN2O3/c1-9-12-8-11(17)2-3-13(12)22-14(9)16(21)19-6-4-10(5-7-19)15(18)20/h2-3,8,10H,4-7H2,1H3,(H2,18,20). The smallest absolute Gasteiger partial charge is 0.289 e. The molecule has 0 atom stereocenters. The number of furan rings is 1. The number of fused-ring (bicyclic) bond motifs is 1. The highest BCUT2D eigenvalue weighted by Gasteiger charge is 2.29. The zero-order valence-electron chi connectivity index (χ0n) is 12.3. The molecule has 0 bridgehead atoms. The molecule has 22 heavy (non-hydrogen) atoms. The Balaban J connectivity index is 1.84. The third-order valence-corrected chi connectivity index (χ3v) is 4.51. The van der Waals surface area contributed by atoms with Crippen LogP contribution in [0.1, 0.15) is 29.0 Å². The lowest BCUT2D eigenvalue weighted by molar-refractivity contribution is -0.123. The molecule has 0 aliphatic carbocycles. The van der Waals surface area contributed by atoms with Gasteiger partial charge in [0.2, 0.25) is 5.91 Å². The molecule has 2 heterocycles. The molecule has 1 fully saturated rings. The van der Waals surface area contributed by atoms with E-state index in [9.17, 15) is 9.59 Å². The van der Waals surface area contributed by atoms with Crippen molar-refractivity contribution >= 4 is 34.4 Å². The highest BCUT2D eigenvalue weighted by molar-refractivity contribution is 6.31. The molecule has 1 aliphatic heterocycles. The highest BCUT2D eigenvalue weighted by Crippen LogP contribution is 2.29. The van der Waals surface area contributed by atoms with Crippen molar-refractivity contribution in [2.45, 2.75) is 19.8 Å². The predicted octanol–water partition coefficient (Wildman–Crippen LogP) is 2.73. The van der Waals surface area contributed by atoms with E-state index in [-0.39, 0.29) is 17.7 Å². The summed E-state index contributed by atoms with van der Waals surface area (Å²) >= 11 is 5.99. The molecule has 5 nitrogen and oxygen atoms in total. The summed E-state index contributed by atoms with van der Waals surface area (Å²) in [7, 11) is 0. The summed E-state index contributed by atoms with van der Waals surface area (Å²) in [4.78, 5) is 25.5. The number of nitrogens with two attached hydrogens (primary N) is 1. The van der Waals surface area contributed by atoms with Crippen molar-refractivity contribution in [3.63, 3.8) is 0 Å². The number of primary amides is 1. The number of benzene rings is 1. The average Bonchev–Trinajstić information content (AvgIpc) is 2.83. The van der Waals surface area contributed by atoms with Gasteiger partial charge in [-0.3, -0.25) is 9.59 Å². The van der Waals surface area contributed by atoms with Crippen molar-refractivity contribution in [2.24, 2.45) is 11.7 Å². The second-order valence-corrected chi connectivity index (χ2v) is 6.10. The molecule has 1 saturated heterocycles.